The Hall–Kier alpha value is -1.10. The van der Waals surface area contributed by atoms with Gasteiger partial charge in [0.2, 0.25) is 5.91 Å². The van der Waals surface area contributed by atoms with E-state index in [1.165, 1.54) is 0 Å². The Morgan fingerprint density at radius 3 is 2.24 bits per heavy atom. The Morgan fingerprint density at radius 2 is 1.82 bits per heavy atom. The highest BCUT2D eigenvalue weighted by Crippen LogP contribution is 2.00. The minimum Gasteiger partial charge on any atom is -0.480 e. The summed E-state index contributed by atoms with van der Waals surface area (Å²) in [6, 6.07) is 0.107. The normalized spacial score (nSPS) is 12.8. The third-order valence-corrected chi connectivity index (χ3v) is 2.65. The van der Waals surface area contributed by atoms with Crippen LogP contribution in [0.3, 0.4) is 0 Å². The van der Waals surface area contributed by atoms with Crippen LogP contribution < -0.4 is 5.32 Å². The van der Waals surface area contributed by atoms with Crippen LogP contribution in [-0.2, 0) is 9.59 Å². The smallest absolute Gasteiger partial charge is 0.317 e. The number of carboxylic acids is 1. The molecule has 0 spiro atoms. The van der Waals surface area contributed by atoms with E-state index in [1.54, 1.807) is 4.90 Å². The molecule has 0 aromatic heterocycles. The molecule has 0 heterocycles. The van der Waals surface area contributed by atoms with Gasteiger partial charge in [-0.05, 0) is 25.8 Å². The van der Waals surface area contributed by atoms with Gasteiger partial charge in [-0.2, -0.15) is 0 Å². The Kier molecular flexibility index (Phi) is 7.54. The number of amides is 1. The molecule has 0 aliphatic rings. The third-order valence-electron chi connectivity index (χ3n) is 2.65. The minimum atomic E-state index is -0.900. The first-order chi connectivity index (χ1) is 7.86. The Bertz CT molecular complexity index is 254. The summed E-state index contributed by atoms with van der Waals surface area (Å²) >= 11 is 0. The van der Waals surface area contributed by atoms with Gasteiger partial charge in [-0.3, -0.25) is 14.5 Å². The SMILES string of the molecule is CCCN(CC(=O)O)CC(=O)NC(C)C(C)C. The van der Waals surface area contributed by atoms with Crippen molar-refractivity contribution in [1.82, 2.24) is 10.2 Å². The van der Waals surface area contributed by atoms with Crippen molar-refractivity contribution in [3.05, 3.63) is 0 Å². The van der Waals surface area contributed by atoms with Crippen molar-refractivity contribution in [2.75, 3.05) is 19.6 Å². The first kappa shape index (κ1) is 15.9. The molecule has 0 aliphatic carbocycles. The maximum Gasteiger partial charge on any atom is 0.317 e. The molecule has 0 rings (SSSR count). The Morgan fingerprint density at radius 1 is 1.24 bits per heavy atom. The zero-order chi connectivity index (χ0) is 13.4. The van der Waals surface area contributed by atoms with Crippen LogP contribution in [0.5, 0.6) is 0 Å². The van der Waals surface area contributed by atoms with Crippen LogP contribution in [0, 0.1) is 5.92 Å². The number of carbonyl (C=O) groups excluding carboxylic acids is 1. The van der Waals surface area contributed by atoms with E-state index in [2.05, 4.69) is 5.32 Å². The molecule has 0 fully saturated rings. The standard InChI is InChI=1S/C12H24N2O3/c1-5-6-14(8-12(16)17)7-11(15)13-10(4)9(2)3/h9-10H,5-8H2,1-4H3,(H,13,15)(H,16,17). The Balaban J connectivity index is 4.15. The van der Waals surface area contributed by atoms with Crippen LogP contribution in [0.4, 0.5) is 0 Å². The first-order valence-electron chi connectivity index (χ1n) is 6.10. The molecule has 0 radical (unpaired) electrons. The van der Waals surface area contributed by atoms with E-state index >= 15 is 0 Å². The summed E-state index contributed by atoms with van der Waals surface area (Å²) in [5, 5.41) is 11.6. The number of carbonyl (C=O) groups is 2. The molecule has 1 atom stereocenters. The lowest BCUT2D eigenvalue weighted by Gasteiger charge is -2.22. The number of nitrogens with zero attached hydrogens (tertiary/aromatic N) is 1. The molecule has 0 bridgehead atoms. The quantitative estimate of drug-likeness (QED) is 0.667. The molecule has 0 saturated carbocycles. The molecular formula is C12H24N2O3. The van der Waals surface area contributed by atoms with Crippen LogP contribution in [0.2, 0.25) is 0 Å². The number of carboxylic acid groups (broad SMARTS) is 1. The maximum absolute atomic E-state index is 11.7. The van der Waals surface area contributed by atoms with Gasteiger partial charge in [0.1, 0.15) is 0 Å². The van der Waals surface area contributed by atoms with Crippen LogP contribution in [0.25, 0.3) is 0 Å². The molecular weight excluding hydrogens is 220 g/mol. The number of hydrogen-bond acceptors (Lipinski definition) is 3. The molecule has 0 aromatic rings. The summed E-state index contributed by atoms with van der Waals surface area (Å²) in [5.74, 6) is -0.637. The summed E-state index contributed by atoms with van der Waals surface area (Å²) in [6.45, 7) is 8.66. The maximum atomic E-state index is 11.7. The Labute approximate surface area is 103 Å². The van der Waals surface area contributed by atoms with Crippen molar-refractivity contribution in [2.24, 2.45) is 5.92 Å². The van der Waals surface area contributed by atoms with E-state index in [0.717, 1.165) is 6.42 Å². The van der Waals surface area contributed by atoms with Gasteiger partial charge in [0.05, 0.1) is 13.1 Å². The van der Waals surface area contributed by atoms with Gasteiger partial charge in [-0.1, -0.05) is 20.8 Å². The minimum absolute atomic E-state index is 0.0860. The molecule has 0 aromatic carbocycles. The van der Waals surface area contributed by atoms with Crippen molar-refractivity contribution in [2.45, 2.75) is 40.2 Å². The highest BCUT2D eigenvalue weighted by Gasteiger charge is 2.15. The van der Waals surface area contributed by atoms with Gasteiger partial charge in [0, 0.05) is 6.04 Å². The van der Waals surface area contributed by atoms with E-state index in [4.69, 9.17) is 5.11 Å². The van der Waals surface area contributed by atoms with E-state index in [9.17, 15) is 9.59 Å². The number of rotatable bonds is 8. The van der Waals surface area contributed by atoms with Crippen LogP contribution >= 0.6 is 0 Å². The number of aliphatic carboxylic acids is 1. The van der Waals surface area contributed by atoms with Crippen molar-refractivity contribution in [3.63, 3.8) is 0 Å². The molecule has 17 heavy (non-hydrogen) atoms. The summed E-state index contributed by atoms with van der Waals surface area (Å²) in [7, 11) is 0. The number of nitrogens with one attached hydrogen (secondary N) is 1. The lowest BCUT2D eigenvalue weighted by molar-refractivity contribution is -0.138. The lowest BCUT2D eigenvalue weighted by atomic mass is 10.1. The first-order valence-corrected chi connectivity index (χ1v) is 6.10. The van der Waals surface area contributed by atoms with Gasteiger partial charge in [0.25, 0.3) is 0 Å². The third kappa shape index (κ3) is 7.74. The fourth-order valence-corrected chi connectivity index (χ4v) is 1.39. The summed E-state index contributed by atoms with van der Waals surface area (Å²) < 4.78 is 0. The summed E-state index contributed by atoms with van der Waals surface area (Å²) in [6.07, 6.45) is 0.834. The second-order valence-corrected chi connectivity index (χ2v) is 4.70. The van der Waals surface area contributed by atoms with Gasteiger partial charge < -0.3 is 10.4 Å². The van der Waals surface area contributed by atoms with E-state index in [1.807, 2.05) is 27.7 Å². The molecule has 1 amide bonds. The topological polar surface area (TPSA) is 69.6 Å². The molecule has 5 nitrogen and oxygen atoms in total. The molecule has 5 heteroatoms. The highest BCUT2D eigenvalue weighted by molar-refractivity contribution is 5.79. The van der Waals surface area contributed by atoms with Crippen molar-refractivity contribution in [1.29, 1.82) is 0 Å². The van der Waals surface area contributed by atoms with Crippen LogP contribution in [-0.4, -0.2) is 47.6 Å². The number of hydrogen-bond donors (Lipinski definition) is 2. The van der Waals surface area contributed by atoms with Crippen molar-refractivity contribution in [3.8, 4) is 0 Å². The average molecular weight is 244 g/mol. The van der Waals surface area contributed by atoms with Gasteiger partial charge in [0.15, 0.2) is 0 Å². The predicted molar refractivity (Wildman–Crippen MR) is 66.8 cm³/mol. The van der Waals surface area contributed by atoms with Crippen LogP contribution in [0.1, 0.15) is 34.1 Å². The monoisotopic (exact) mass is 244 g/mol. The predicted octanol–water partition coefficient (Wildman–Crippen LogP) is 0.944. The fourth-order valence-electron chi connectivity index (χ4n) is 1.39. The van der Waals surface area contributed by atoms with Crippen molar-refractivity contribution < 1.29 is 14.7 Å². The van der Waals surface area contributed by atoms with Crippen LogP contribution in [0.15, 0.2) is 0 Å². The zero-order valence-corrected chi connectivity index (χ0v) is 11.2. The molecule has 0 aliphatic heterocycles. The van der Waals surface area contributed by atoms with Gasteiger partial charge in [-0.25, -0.2) is 0 Å². The second-order valence-electron chi connectivity index (χ2n) is 4.70. The molecule has 2 N–H and O–H groups in total. The molecule has 100 valence electrons. The zero-order valence-electron chi connectivity index (χ0n) is 11.2. The van der Waals surface area contributed by atoms with E-state index in [-0.39, 0.29) is 25.0 Å². The van der Waals surface area contributed by atoms with E-state index < -0.39 is 5.97 Å². The summed E-state index contributed by atoms with van der Waals surface area (Å²) in [5.41, 5.74) is 0. The van der Waals surface area contributed by atoms with E-state index in [0.29, 0.717) is 12.5 Å². The average Bonchev–Trinajstić information content (AvgIpc) is 2.16. The second kappa shape index (κ2) is 8.06. The summed E-state index contributed by atoms with van der Waals surface area (Å²) in [4.78, 5) is 23.9. The lowest BCUT2D eigenvalue weighted by Crippen LogP contribution is -2.44. The molecule has 1 unspecified atom stereocenters. The largest absolute Gasteiger partial charge is 0.480 e. The van der Waals surface area contributed by atoms with Crippen molar-refractivity contribution >= 4 is 11.9 Å². The highest BCUT2D eigenvalue weighted by atomic mass is 16.4. The van der Waals surface area contributed by atoms with Gasteiger partial charge >= 0.3 is 5.97 Å². The fraction of sp³-hybridized carbons (Fsp3) is 0.833. The molecule has 0 saturated heterocycles. The van der Waals surface area contributed by atoms with Gasteiger partial charge in [-0.15, -0.1) is 0 Å².